The lowest BCUT2D eigenvalue weighted by atomic mass is 9.96. The highest BCUT2D eigenvalue weighted by Gasteiger charge is 2.24. The van der Waals surface area contributed by atoms with Gasteiger partial charge >= 0.3 is 0 Å². The molecule has 1 aromatic heterocycles. The number of para-hydroxylation sites is 1. The zero-order chi connectivity index (χ0) is 26.2. The summed E-state index contributed by atoms with van der Waals surface area (Å²) in [6.07, 6.45) is 8.41. The first-order valence-corrected chi connectivity index (χ1v) is 13.8. The average molecular weight is 520 g/mol. The van der Waals surface area contributed by atoms with E-state index in [0.717, 1.165) is 58.8 Å². The molecule has 1 amide bonds. The van der Waals surface area contributed by atoms with E-state index < -0.39 is 0 Å². The van der Waals surface area contributed by atoms with E-state index in [4.69, 9.17) is 9.73 Å². The van der Waals surface area contributed by atoms with Crippen LogP contribution >= 0.6 is 11.3 Å². The smallest absolute Gasteiger partial charge is 0.259 e. The molecule has 0 aliphatic heterocycles. The maximum atomic E-state index is 13.4. The van der Waals surface area contributed by atoms with Crippen LogP contribution in [0.5, 0.6) is 5.75 Å². The predicted molar refractivity (Wildman–Crippen MR) is 154 cm³/mol. The molecule has 0 fully saturated rings. The van der Waals surface area contributed by atoms with Gasteiger partial charge in [-0.25, -0.2) is 4.99 Å². The maximum Gasteiger partial charge on any atom is 0.259 e. The van der Waals surface area contributed by atoms with Crippen molar-refractivity contribution in [2.75, 3.05) is 5.32 Å². The Labute approximate surface area is 227 Å². The van der Waals surface area contributed by atoms with Gasteiger partial charge in [0.2, 0.25) is 0 Å². The number of carbonyl (C=O) groups excluding carboxylic acids is 1. The minimum Gasteiger partial charge on any atom is -0.489 e. The molecule has 0 saturated heterocycles. The number of nitrogens with zero attached hydrogens (tertiary/aromatic N) is 2. The van der Waals surface area contributed by atoms with Gasteiger partial charge in [-0.3, -0.25) is 4.79 Å². The largest absolute Gasteiger partial charge is 0.489 e. The van der Waals surface area contributed by atoms with Crippen LogP contribution in [0.4, 0.5) is 10.7 Å². The first-order valence-electron chi connectivity index (χ1n) is 13.0. The molecule has 190 valence electrons. The Morgan fingerprint density at radius 2 is 1.68 bits per heavy atom. The number of amides is 1. The van der Waals surface area contributed by atoms with Crippen LogP contribution in [0.25, 0.3) is 0 Å². The number of rotatable bonds is 7. The van der Waals surface area contributed by atoms with Gasteiger partial charge in [-0.05, 0) is 79.3 Å². The number of anilines is 1. The Bertz CT molecular complexity index is 1470. The van der Waals surface area contributed by atoms with Crippen LogP contribution in [0, 0.1) is 11.3 Å². The highest BCUT2D eigenvalue weighted by atomic mass is 32.1. The summed E-state index contributed by atoms with van der Waals surface area (Å²) in [4.78, 5) is 19.5. The van der Waals surface area contributed by atoms with E-state index in [0.29, 0.717) is 17.7 Å². The topological polar surface area (TPSA) is 74.5 Å². The van der Waals surface area contributed by atoms with Crippen molar-refractivity contribution in [3.05, 3.63) is 112 Å². The fourth-order valence-electron chi connectivity index (χ4n) is 4.64. The van der Waals surface area contributed by atoms with Crippen LogP contribution in [0.2, 0.25) is 0 Å². The predicted octanol–water partition coefficient (Wildman–Crippen LogP) is 7.86. The van der Waals surface area contributed by atoms with E-state index in [1.807, 2.05) is 79.0 Å². The fraction of sp³-hybridized carbons (Fsp3) is 0.219. The molecule has 5 nitrogen and oxygen atoms in total. The second kappa shape index (κ2) is 12.4. The number of hydrogen-bond donors (Lipinski definition) is 1. The summed E-state index contributed by atoms with van der Waals surface area (Å²) in [5.41, 5.74) is 5.06. The lowest BCUT2D eigenvalue weighted by Crippen LogP contribution is -2.14. The summed E-state index contributed by atoms with van der Waals surface area (Å²) in [5.74, 6) is 0.625. The minimum absolute atomic E-state index is 0.0946. The number of benzene rings is 3. The Balaban J connectivity index is 1.35. The maximum absolute atomic E-state index is 13.4. The van der Waals surface area contributed by atoms with Crippen molar-refractivity contribution >= 4 is 34.1 Å². The Hall–Kier alpha value is -4.21. The van der Waals surface area contributed by atoms with E-state index >= 15 is 0 Å². The standard InChI is InChI=1S/C32H29N3O2S/c33-20-24-10-8-9-11-25(24)22-37-27-18-16-23(17-19-27)21-34-32-30(31(36)35-26-12-4-3-5-13-26)28-14-6-1-2-7-15-29(28)38-32/h3-5,8-13,16-19,21H,1-2,6-7,14-15,22H2,(H,35,36). The number of aryl methyl sites for hydroxylation is 1. The number of fused-ring (bicyclic) bond motifs is 1. The normalized spacial score (nSPS) is 13.2. The summed E-state index contributed by atoms with van der Waals surface area (Å²) in [7, 11) is 0. The molecule has 6 heteroatoms. The van der Waals surface area contributed by atoms with E-state index in [1.165, 1.54) is 17.7 Å². The molecule has 1 aliphatic rings. The third kappa shape index (κ3) is 6.19. The molecule has 1 aliphatic carbocycles. The number of nitrogens with one attached hydrogen (secondary N) is 1. The third-order valence-corrected chi connectivity index (χ3v) is 7.85. The van der Waals surface area contributed by atoms with Crippen molar-refractivity contribution in [3.8, 4) is 11.8 Å². The molecular formula is C32H29N3O2S. The van der Waals surface area contributed by atoms with Crippen LogP contribution in [0.3, 0.4) is 0 Å². The Morgan fingerprint density at radius 1 is 0.947 bits per heavy atom. The SMILES string of the molecule is N#Cc1ccccc1COc1ccc(C=Nc2sc3c(c2C(=O)Nc2ccccc2)CCCCCC3)cc1. The molecule has 38 heavy (non-hydrogen) atoms. The van der Waals surface area contributed by atoms with Gasteiger partial charge in [-0.1, -0.05) is 49.2 Å². The van der Waals surface area contributed by atoms with Crippen LogP contribution in [0.1, 0.15) is 63.2 Å². The van der Waals surface area contributed by atoms with Gasteiger partial charge in [0.25, 0.3) is 5.91 Å². The van der Waals surface area contributed by atoms with Crippen molar-refractivity contribution in [2.24, 2.45) is 4.99 Å². The molecule has 0 saturated carbocycles. The van der Waals surface area contributed by atoms with Crippen molar-refractivity contribution in [1.29, 1.82) is 5.26 Å². The molecule has 3 aromatic carbocycles. The van der Waals surface area contributed by atoms with Crippen molar-refractivity contribution in [3.63, 3.8) is 0 Å². The summed E-state index contributed by atoms with van der Waals surface area (Å²) in [5, 5.41) is 13.1. The molecular weight excluding hydrogens is 490 g/mol. The third-order valence-electron chi connectivity index (χ3n) is 6.65. The summed E-state index contributed by atoms with van der Waals surface area (Å²) in [6.45, 7) is 0.331. The van der Waals surface area contributed by atoms with Gasteiger partial charge < -0.3 is 10.1 Å². The monoisotopic (exact) mass is 519 g/mol. The Morgan fingerprint density at radius 3 is 2.47 bits per heavy atom. The molecule has 0 radical (unpaired) electrons. The van der Waals surface area contributed by atoms with Gasteiger partial charge in [-0.15, -0.1) is 11.3 Å². The highest BCUT2D eigenvalue weighted by Crippen LogP contribution is 2.39. The second-order valence-electron chi connectivity index (χ2n) is 9.30. The van der Waals surface area contributed by atoms with Crippen molar-refractivity contribution in [1.82, 2.24) is 0 Å². The molecule has 0 atom stereocenters. The Kier molecular flexibility index (Phi) is 8.27. The number of nitriles is 1. The van der Waals surface area contributed by atoms with E-state index in [-0.39, 0.29) is 5.91 Å². The summed E-state index contributed by atoms with van der Waals surface area (Å²) < 4.78 is 5.89. The fourth-order valence-corrected chi connectivity index (χ4v) is 5.88. The minimum atomic E-state index is -0.0946. The first kappa shape index (κ1) is 25.4. The first-order chi connectivity index (χ1) is 18.7. The van der Waals surface area contributed by atoms with E-state index in [9.17, 15) is 10.1 Å². The van der Waals surface area contributed by atoms with Gasteiger partial charge in [0, 0.05) is 22.3 Å². The van der Waals surface area contributed by atoms with E-state index in [1.54, 1.807) is 17.4 Å². The molecule has 0 unspecified atom stereocenters. The molecule has 5 rings (SSSR count). The second-order valence-corrected chi connectivity index (χ2v) is 10.4. The highest BCUT2D eigenvalue weighted by molar-refractivity contribution is 7.16. The van der Waals surface area contributed by atoms with Gasteiger partial charge in [0.15, 0.2) is 0 Å². The summed E-state index contributed by atoms with van der Waals surface area (Å²) in [6, 6.07) is 26.9. The molecule has 0 spiro atoms. The molecule has 4 aromatic rings. The van der Waals surface area contributed by atoms with Crippen LogP contribution in [0.15, 0.2) is 83.9 Å². The summed E-state index contributed by atoms with van der Waals surface area (Å²) >= 11 is 1.65. The number of carbonyl (C=O) groups is 1. The van der Waals surface area contributed by atoms with Crippen molar-refractivity contribution < 1.29 is 9.53 Å². The van der Waals surface area contributed by atoms with Gasteiger partial charge in [-0.2, -0.15) is 5.26 Å². The molecule has 0 bridgehead atoms. The quantitative estimate of drug-likeness (QED) is 0.253. The number of hydrogen-bond acceptors (Lipinski definition) is 5. The number of thiophene rings is 1. The van der Waals surface area contributed by atoms with E-state index in [2.05, 4.69) is 11.4 Å². The van der Waals surface area contributed by atoms with Crippen molar-refractivity contribution in [2.45, 2.75) is 45.1 Å². The van der Waals surface area contributed by atoms with Crippen LogP contribution < -0.4 is 10.1 Å². The lowest BCUT2D eigenvalue weighted by Gasteiger charge is -2.12. The lowest BCUT2D eigenvalue weighted by molar-refractivity contribution is 0.102. The number of ether oxygens (including phenoxy) is 1. The van der Waals surface area contributed by atoms with Crippen LogP contribution in [-0.2, 0) is 19.4 Å². The number of aliphatic imine (C=N–C) groups is 1. The van der Waals surface area contributed by atoms with Gasteiger partial charge in [0.05, 0.1) is 17.2 Å². The zero-order valence-corrected chi connectivity index (χ0v) is 22.0. The zero-order valence-electron chi connectivity index (χ0n) is 21.2. The van der Waals surface area contributed by atoms with Crippen LogP contribution in [-0.4, -0.2) is 12.1 Å². The average Bonchev–Trinajstić information content (AvgIpc) is 3.28. The molecule has 1 heterocycles. The van der Waals surface area contributed by atoms with Gasteiger partial charge in [0.1, 0.15) is 17.4 Å². The molecule has 1 N–H and O–H groups in total.